The lowest BCUT2D eigenvalue weighted by molar-refractivity contribution is -0.173. The Balaban J connectivity index is 1.88. The molecule has 7 heteroatoms. The normalized spacial score (nSPS) is 21.4. The Bertz CT molecular complexity index is 547. The van der Waals surface area contributed by atoms with Crippen LogP contribution in [0.2, 0.25) is 0 Å². The van der Waals surface area contributed by atoms with Gasteiger partial charge < -0.3 is 14.4 Å². The molecule has 0 atom stereocenters. The molecule has 0 radical (unpaired) electrons. The molecule has 1 heterocycles. The van der Waals surface area contributed by atoms with Gasteiger partial charge in [0, 0.05) is 19.7 Å². The van der Waals surface area contributed by atoms with E-state index in [1.807, 2.05) is 24.9 Å². The minimum Gasteiger partial charge on any atom is -0.474 e. The predicted octanol–water partition coefficient (Wildman–Crippen LogP) is 3.93. The topological polar surface area (TPSA) is 47.0 Å². The highest BCUT2D eigenvalue weighted by Crippen LogP contribution is 2.27. The smallest absolute Gasteiger partial charge is 0.345 e. The van der Waals surface area contributed by atoms with E-state index in [0.717, 1.165) is 17.9 Å². The summed E-state index contributed by atoms with van der Waals surface area (Å²) in [6.45, 7) is 2.12. The molecule has 1 aromatic heterocycles. The molecule has 1 fully saturated rings. The molecular formula is C17H25F2N3O2. The number of aryl methyl sites for hydroxylation is 1. The van der Waals surface area contributed by atoms with Crippen molar-refractivity contribution in [3.63, 3.8) is 0 Å². The van der Waals surface area contributed by atoms with Crippen molar-refractivity contribution in [1.29, 1.82) is 0 Å². The number of aliphatic imine (C=N–C) groups is 1. The molecule has 2 rings (SSSR count). The minimum atomic E-state index is -2.70. The molecule has 0 aromatic carbocycles. The largest absolute Gasteiger partial charge is 0.474 e. The summed E-state index contributed by atoms with van der Waals surface area (Å²) < 4.78 is 34.8. The SMILES string of the molecule is CCN(C)C=Nc1ccc(OC2CCC(OC(F)F)CC2)nc1C. The van der Waals surface area contributed by atoms with E-state index < -0.39 is 6.61 Å². The van der Waals surface area contributed by atoms with E-state index in [4.69, 9.17) is 4.74 Å². The Morgan fingerprint density at radius 2 is 1.96 bits per heavy atom. The first kappa shape index (κ1) is 18.6. The number of pyridine rings is 1. The lowest BCUT2D eigenvalue weighted by Crippen LogP contribution is -2.29. The average Bonchev–Trinajstić information content (AvgIpc) is 2.55. The zero-order valence-electron chi connectivity index (χ0n) is 14.4. The molecule has 0 saturated heterocycles. The number of rotatable bonds is 7. The fourth-order valence-electron chi connectivity index (χ4n) is 2.58. The van der Waals surface area contributed by atoms with Crippen LogP contribution in [0.5, 0.6) is 5.88 Å². The van der Waals surface area contributed by atoms with Gasteiger partial charge in [0.05, 0.1) is 23.8 Å². The fraction of sp³-hybridized carbons (Fsp3) is 0.647. The average molecular weight is 341 g/mol. The lowest BCUT2D eigenvalue weighted by Gasteiger charge is -2.28. The van der Waals surface area contributed by atoms with Crippen molar-refractivity contribution in [3.8, 4) is 5.88 Å². The maximum Gasteiger partial charge on any atom is 0.345 e. The zero-order valence-corrected chi connectivity index (χ0v) is 14.4. The highest BCUT2D eigenvalue weighted by Gasteiger charge is 2.25. The highest BCUT2D eigenvalue weighted by molar-refractivity contribution is 5.62. The van der Waals surface area contributed by atoms with Crippen molar-refractivity contribution < 1.29 is 18.3 Å². The molecule has 0 amide bonds. The molecule has 1 aromatic rings. The van der Waals surface area contributed by atoms with Crippen molar-refractivity contribution in [3.05, 3.63) is 17.8 Å². The second-order valence-corrected chi connectivity index (χ2v) is 5.99. The van der Waals surface area contributed by atoms with Gasteiger partial charge in [-0.25, -0.2) is 9.98 Å². The first-order chi connectivity index (χ1) is 11.5. The monoisotopic (exact) mass is 341 g/mol. The third kappa shape index (κ3) is 5.70. The van der Waals surface area contributed by atoms with E-state index in [-0.39, 0.29) is 12.2 Å². The van der Waals surface area contributed by atoms with Gasteiger partial charge in [-0.15, -0.1) is 0 Å². The van der Waals surface area contributed by atoms with Crippen LogP contribution >= 0.6 is 0 Å². The molecule has 1 aliphatic carbocycles. The number of hydrogen-bond acceptors (Lipinski definition) is 4. The Morgan fingerprint density at radius 1 is 1.29 bits per heavy atom. The third-order valence-electron chi connectivity index (χ3n) is 4.13. The summed E-state index contributed by atoms with van der Waals surface area (Å²) in [5.41, 5.74) is 1.60. The summed E-state index contributed by atoms with van der Waals surface area (Å²) in [5.74, 6) is 0.550. The first-order valence-corrected chi connectivity index (χ1v) is 8.30. The summed E-state index contributed by atoms with van der Waals surface area (Å²) in [6.07, 6.45) is 3.95. The number of nitrogens with zero attached hydrogens (tertiary/aromatic N) is 3. The van der Waals surface area contributed by atoms with Gasteiger partial charge in [0.1, 0.15) is 6.10 Å². The van der Waals surface area contributed by atoms with Crippen molar-refractivity contribution >= 4 is 12.0 Å². The van der Waals surface area contributed by atoms with E-state index in [0.29, 0.717) is 31.6 Å². The van der Waals surface area contributed by atoms with E-state index >= 15 is 0 Å². The van der Waals surface area contributed by atoms with Crippen LogP contribution in [0.25, 0.3) is 0 Å². The van der Waals surface area contributed by atoms with Crippen molar-refractivity contribution in [2.24, 2.45) is 4.99 Å². The molecule has 0 unspecified atom stereocenters. The molecular weight excluding hydrogens is 316 g/mol. The standard InChI is InChI=1S/C17H25F2N3O2/c1-4-22(3)11-20-15-9-10-16(21-12(15)2)23-13-5-7-14(8-6-13)24-17(18)19/h9-11,13-14,17H,4-8H2,1-3H3. The zero-order chi connectivity index (χ0) is 17.5. The Hall–Kier alpha value is -1.76. The summed E-state index contributed by atoms with van der Waals surface area (Å²) in [6, 6.07) is 3.68. The van der Waals surface area contributed by atoms with E-state index in [2.05, 4.69) is 21.6 Å². The van der Waals surface area contributed by atoms with Gasteiger partial charge >= 0.3 is 6.61 Å². The van der Waals surface area contributed by atoms with Gasteiger partial charge in [-0.05, 0) is 45.6 Å². The molecule has 0 spiro atoms. The second-order valence-electron chi connectivity index (χ2n) is 5.99. The first-order valence-electron chi connectivity index (χ1n) is 8.30. The van der Waals surface area contributed by atoms with Crippen molar-refractivity contribution in [2.45, 2.75) is 58.4 Å². The quantitative estimate of drug-likeness (QED) is 0.557. The maximum absolute atomic E-state index is 12.2. The van der Waals surface area contributed by atoms with Gasteiger partial charge in [0.2, 0.25) is 5.88 Å². The van der Waals surface area contributed by atoms with Crippen LogP contribution in [0.15, 0.2) is 17.1 Å². The van der Waals surface area contributed by atoms with Gasteiger partial charge in [-0.2, -0.15) is 8.78 Å². The molecule has 0 aliphatic heterocycles. The molecule has 134 valence electrons. The number of aromatic nitrogens is 1. The lowest BCUT2D eigenvalue weighted by atomic mass is 9.95. The Labute approximate surface area is 141 Å². The van der Waals surface area contributed by atoms with Crippen molar-refractivity contribution in [2.75, 3.05) is 13.6 Å². The maximum atomic E-state index is 12.2. The van der Waals surface area contributed by atoms with Crippen LogP contribution < -0.4 is 4.74 Å². The molecule has 1 aliphatic rings. The summed E-state index contributed by atoms with van der Waals surface area (Å²) in [5, 5.41) is 0. The molecule has 0 N–H and O–H groups in total. The summed E-state index contributed by atoms with van der Waals surface area (Å²) >= 11 is 0. The second kappa shape index (κ2) is 8.92. The van der Waals surface area contributed by atoms with E-state index in [9.17, 15) is 8.78 Å². The summed E-state index contributed by atoms with van der Waals surface area (Å²) in [4.78, 5) is 10.8. The molecule has 24 heavy (non-hydrogen) atoms. The highest BCUT2D eigenvalue weighted by atomic mass is 19.3. The van der Waals surface area contributed by atoms with Crippen LogP contribution in [0.3, 0.4) is 0 Å². The minimum absolute atomic E-state index is 0.00463. The number of halogens is 2. The molecule has 5 nitrogen and oxygen atoms in total. The number of ether oxygens (including phenoxy) is 2. The Kier molecular flexibility index (Phi) is 6.90. The van der Waals surface area contributed by atoms with Crippen LogP contribution in [0, 0.1) is 6.92 Å². The Morgan fingerprint density at radius 3 is 2.54 bits per heavy atom. The van der Waals surface area contributed by atoms with Gasteiger partial charge in [0.25, 0.3) is 0 Å². The third-order valence-corrected chi connectivity index (χ3v) is 4.13. The van der Waals surface area contributed by atoms with Crippen LogP contribution in [-0.2, 0) is 4.74 Å². The predicted molar refractivity (Wildman–Crippen MR) is 89.2 cm³/mol. The van der Waals surface area contributed by atoms with Crippen LogP contribution in [-0.4, -0.2) is 48.6 Å². The van der Waals surface area contributed by atoms with Crippen molar-refractivity contribution in [1.82, 2.24) is 9.88 Å². The van der Waals surface area contributed by atoms with Crippen LogP contribution in [0.4, 0.5) is 14.5 Å². The molecule has 0 bridgehead atoms. The number of alkyl halides is 2. The molecule has 1 saturated carbocycles. The fourth-order valence-corrected chi connectivity index (χ4v) is 2.58. The number of hydrogen-bond donors (Lipinski definition) is 0. The van der Waals surface area contributed by atoms with Gasteiger partial charge in [-0.1, -0.05) is 0 Å². The van der Waals surface area contributed by atoms with E-state index in [1.54, 1.807) is 12.4 Å². The van der Waals surface area contributed by atoms with Crippen LogP contribution in [0.1, 0.15) is 38.3 Å². The van der Waals surface area contributed by atoms with Gasteiger partial charge in [-0.3, -0.25) is 0 Å². The van der Waals surface area contributed by atoms with E-state index in [1.165, 1.54) is 0 Å². The van der Waals surface area contributed by atoms with Gasteiger partial charge in [0.15, 0.2) is 0 Å². The summed E-state index contributed by atoms with van der Waals surface area (Å²) in [7, 11) is 1.96.